The van der Waals surface area contributed by atoms with E-state index >= 15 is 0 Å². The van der Waals surface area contributed by atoms with Gasteiger partial charge < -0.3 is 28.7 Å². The molecule has 0 aromatic rings. The monoisotopic (exact) mass is 294 g/mol. The van der Waals surface area contributed by atoms with Gasteiger partial charge in [0, 0.05) is 7.11 Å². The minimum atomic E-state index is -4.04. The largest absolute Gasteiger partial charge is 0.353 e. The van der Waals surface area contributed by atoms with Crippen LogP contribution >= 0.6 is 7.60 Å². The molecule has 0 saturated carbocycles. The van der Waals surface area contributed by atoms with E-state index in [0.29, 0.717) is 0 Å². The highest BCUT2D eigenvalue weighted by Gasteiger charge is 2.54. The highest BCUT2D eigenvalue weighted by molar-refractivity contribution is 7.51. The summed E-state index contributed by atoms with van der Waals surface area (Å²) in [5.41, 5.74) is 0. The molecule has 2 N–H and O–H groups in total. The molecule has 0 amide bonds. The molecule has 0 radical (unpaired) electrons. The zero-order valence-electron chi connectivity index (χ0n) is 11.1. The van der Waals surface area contributed by atoms with Crippen LogP contribution in [0.5, 0.6) is 0 Å². The quantitative estimate of drug-likeness (QED) is 0.579. The topological polar surface area (TPSA) is 94.5 Å². The Balaban J connectivity index is 2.04. The smallest absolute Gasteiger partial charge is 0.329 e. The Labute approximate surface area is 111 Å². The van der Waals surface area contributed by atoms with Crippen molar-refractivity contribution in [3.05, 3.63) is 12.2 Å². The first-order chi connectivity index (χ1) is 8.72. The molecule has 2 aliphatic rings. The van der Waals surface area contributed by atoms with Gasteiger partial charge in [-0.2, -0.15) is 0 Å². The average Bonchev–Trinajstić information content (AvgIpc) is 2.71. The molecule has 2 rings (SSSR count). The Morgan fingerprint density at radius 2 is 1.95 bits per heavy atom. The minimum Gasteiger partial charge on any atom is -0.353 e. The summed E-state index contributed by atoms with van der Waals surface area (Å²) in [6, 6.07) is 0. The van der Waals surface area contributed by atoms with E-state index in [2.05, 4.69) is 0 Å². The van der Waals surface area contributed by atoms with Crippen LogP contribution in [0.1, 0.15) is 13.8 Å². The molecule has 2 saturated heterocycles. The van der Waals surface area contributed by atoms with Gasteiger partial charge in [0.25, 0.3) is 0 Å². The Morgan fingerprint density at radius 3 is 2.53 bits per heavy atom. The second-order valence-electron chi connectivity index (χ2n) is 5.04. The molecule has 2 aliphatic heterocycles. The molecule has 0 spiro atoms. The van der Waals surface area contributed by atoms with Gasteiger partial charge in [-0.15, -0.1) is 0 Å². The molecule has 2 heterocycles. The molecule has 4 atom stereocenters. The fraction of sp³-hybridized carbons (Fsp3) is 0.818. The summed E-state index contributed by atoms with van der Waals surface area (Å²) in [5.74, 6) is -0.717. The van der Waals surface area contributed by atoms with Gasteiger partial charge in [-0.3, -0.25) is 4.57 Å². The van der Waals surface area contributed by atoms with Crippen molar-refractivity contribution in [3.63, 3.8) is 0 Å². The molecule has 2 fully saturated rings. The van der Waals surface area contributed by atoms with E-state index in [1.54, 1.807) is 19.9 Å². The molecular weight excluding hydrogens is 275 g/mol. The summed E-state index contributed by atoms with van der Waals surface area (Å²) in [6.07, 6.45) is 0.986. The van der Waals surface area contributed by atoms with Gasteiger partial charge in [-0.05, 0) is 13.8 Å². The first-order valence-corrected chi connectivity index (χ1v) is 7.77. The molecule has 0 aromatic carbocycles. The van der Waals surface area contributed by atoms with E-state index in [4.69, 9.17) is 28.7 Å². The van der Waals surface area contributed by atoms with Gasteiger partial charge in [0.1, 0.15) is 18.3 Å². The van der Waals surface area contributed by atoms with E-state index in [1.807, 2.05) is 0 Å². The lowest BCUT2D eigenvalue weighted by Crippen LogP contribution is -2.30. The van der Waals surface area contributed by atoms with E-state index < -0.39 is 25.8 Å². The van der Waals surface area contributed by atoms with Crippen LogP contribution in [0.2, 0.25) is 0 Å². The van der Waals surface area contributed by atoms with Crippen molar-refractivity contribution in [1.82, 2.24) is 0 Å². The van der Waals surface area contributed by atoms with E-state index in [9.17, 15) is 4.57 Å². The second kappa shape index (κ2) is 5.26. The number of ether oxygens (including phenoxy) is 4. The van der Waals surface area contributed by atoms with Gasteiger partial charge in [0.15, 0.2) is 12.1 Å². The summed E-state index contributed by atoms with van der Waals surface area (Å²) in [6.45, 7) is 3.60. The number of hydrogen-bond acceptors (Lipinski definition) is 5. The number of hydrogen-bond donors (Lipinski definition) is 2. The van der Waals surface area contributed by atoms with Crippen LogP contribution in [0.4, 0.5) is 0 Å². The third-order valence-electron chi connectivity index (χ3n) is 2.95. The van der Waals surface area contributed by atoms with Gasteiger partial charge in [-0.25, -0.2) is 0 Å². The Morgan fingerprint density at radius 1 is 1.32 bits per heavy atom. The number of rotatable bonds is 4. The zero-order valence-corrected chi connectivity index (χ0v) is 11.9. The van der Waals surface area contributed by atoms with Crippen LogP contribution < -0.4 is 0 Å². The lowest BCUT2D eigenvalue weighted by molar-refractivity contribution is -0.221. The number of fused-ring (bicyclic) bond motifs is 1. The van der Waals surface area contributed by atoms with Gasteiger partial charge in [-0.1, -0.05) is 12.2 Å². The molecule has 0 bridgehead atoms. The second-order valence-corrected chi connectivity index (χ2v) is 6.74. The summed E-state index contributed by atoms with van der Waals surface area (Å²) in [4.78, 5) is 17.6. The fourth-order valence-corrected chi connectivity index (χ4v) is 2.66. The Bertz CT molecular complexity index is 402. The van der Waals surface area contributed by atoms with Gasteiger partial charge in [0.05, 0.1) is 6.16 Å². The summed E-state index contributed by atoms with van der Waals surface area (Å²) in [7, 11) is -2.53. The van der Waals surface area contributed by atoms with Crippen LogP contribution in [-0.2, 0) is 23.5 Å². The standard InChI is InChI=1S/C11H19O7P/c1-11(2)17-8-7(5-4-6-19(12,13)14)16-10(15-3)9(8)18-11/h4-5,7-10H,6H2,1-3H3,(H2,12,13,14)/b5-4+/t7-,8-,9-,10-/m1/s1. The SMILES string of the molecule is CO[C@@H]1O[C@H](/C=C/CP(=O)(O)O)[C@H]2OC(C)(C)O[C@@H]12. The van der Waals surface area contributed by atoms with Gasteiger partial charge in [0.2, 0.25) is 0 Å². The molecule has 0 unspecified atom stereocenters. The molecule has 110 valence electrons. The predicted molar refractivity (Wildman–Crippen MR) is 65.5 cm³/mol. The highest BCUT2D eigenvalue weighted by Crippen LogP contribution is 2.40. The van der Waals surface area contributed by atoms with Crippen molar-refractivity contribution < 1.29 is 33.3 Å². The lowest BCUT2D eigenvalue weighted by Gasteiger charge is -2.22. The maximum Gasteiger partial charge on any atom is 0.329 e. The average molecular weight is 294 g/mol. The number of allylic oxidation sites excluding steroid dienone is 1. The summed E-state index contributed by atoms with van der Waals surface area (Å²) in [5, 5.41) is 0. The third-order valence-corrected chi connectivity index (χ3v) is 3.63. The third kappa shape index (κ3) is 3.64. The van der Waals surface area contributed by atoms with Crippen molar-refractivity contribution in [1.29, 1.82) is 0 Å². The van der Waals surface area contributed by atoms with Crippen LogP contribution in [0.15, 0.2) is 12.2 Å². The molecular formula is C11H19O7P. The van der Waals surface area contributed by atoms with Crippen LogP contribution in [0, 0.1) is 0 Å². The van der Waals surface area contributed by atoms with E-state index in [-0.39, 0.29) is 18.4 Å². The van der Waals surface area contributed by atoms with Crippen LogP contribution in [0.3, 0.4) is 0 Å². The first-order valence-electron chi connectivity index (χ1n) is 5.97. The molecule has 7 nitrogen and oxygen atoms in total. The van der Waals surface area contributed by atoms with Crippen molar-refractivity contribution >= 4 is 7.60 Å². The summed E-state index contributed by atoms with van der Waals surface area (Å²) >= 11 is 0. The van der Waals surface area contributed by atoms with E-state index in [0.717, 1.165) is 0 Å². The maximum atomic E-state index is 10.8. The van der Waals surface area contributed by atoms with Crippen LogP contribution in [-0.4, -0.2) is 53.4 Å². The molecule has 19 heavy (non-hydrogen) atoms. The normalized spacial score (nSPS) is 37.9. The first kappa shape index (κ1) is 15.1. The van der Waals surface area contributed by atoms with Crippen molar-refractivity contribution in [2.45, 2.75) is 44.2 Å². The fourth-order valence-electron chi connectivity index (χ4n) is 2.27. The molecule has 0 aliphatic carbocycles. The molecule has 0 aromatic heterocycles. The number of methoxy groups -OCH3 is 1. The van der Waals surface area contributed by atoms with Crippen LogP contribution in [0.25, 0.3) is 0 Å². The van der Waals surface area contributed by atoms with Crippen molar-refractivity contribution in [2.24, 2.45) is 0 Å². The minimum absolute atomic E-state index is 0.327. The summed E-state index contributed by atoms with van der Waals surface area (Å²) < 4.78 is 33.0. The highest BCUT2D eigenvalue weighted by atomic mass is 31.2. The maximum absolute atomic E-state index is 10.8. The van der Waals surface area contributed by atoms with E-state index in [1.165, 1.54) is 13.2 Å². The predicted octanol–water partition coefficient (Wildman–Crippen LogP) is 0.612. The van der Waals surface area contributed by atoms with Crippen molar-refractivity contribution in [3.8, 4) is 0 Å². The lowest BCUT2D eigenvalue weighted by atomic mass is 10.1. The molecule has 8 heteroatoms. The zero-order chi connectivity index (χ0) is 14.3. The van der Waals surface area contributed by atoms with Gasteiger partial charge >= 0.3 is 7.60 Å². The Kier molecular flexibility index (Phi) is 4.18. The van der Waals surface area contributed by atoms with Crippen molar-refractivity contribution in [2.75, 3.05) is 13.3 Å². The Hall–Kier alpha value is -0.270.